The van der Waals surface area contributed by atoms with E-state index in [0.717, 1.165) is 52.6 Å². The maximum Gasteiger partial charge on any atom is 0.141 e. The lowest BCUT2D eigenvalue weighted by Gasteiger charge is -2.24. The maximum atomic E-state index is 6.36. The SMILES string of the molecule is COc1ccc(CCc2nc3cc(-c4c(C)noc4C)ccn3c2NC2CCCCC2)cc1Cl. The van der Waals surface area contributed by atoms with Gasteiger partial charge in [-0.3, -0.25) is 4.40 Å². The van der Waals surface area contributed by atoms with E-state index >= 15 is 0 Å². The van der Waals surface area contributed by atoms with Gasteiger partial charge in [0.25, 0.3) is 0 Å². The zero-order valence-corrected chi connectivity index (χ0v) is 20.8. The fourth-order valence-corrected chi connectivity index (χ4v) is 5.32. The first-order valence-corrected chi connectivity index (χ1v) is 12.4. The molecule has 34 heavy (non-hydrogen) atoms. The van der Waals surface area contributed by atoms with Crippen LogP contribution in [0.2, 0.25) is 5.02 Å². The third kappa shape index (κ3) is 4.51. The van der Waals surface area contributed by atoms with Crippen molar-refractivity contribution in [2.45, 2.75) is 64.8 Å². The fraction of sp³-hybridized carbons (Fsp3) is 0.407. The van der Waals surface area contributed by atoms with Crippen molar-refractivity contribution in [1.82, 2.24) is 14.5 Å². The molecule has 1 saturated carbocycles. The highest BCUT2D eigenvalue weighted by Gasteiger charge is 2.20. The number of rotatable bonds is 7. The molecule has 3 heterocycles. The van der Waals surface area contributed by atoms with Crippen LogP contribution in [0.15, 0.2) is 41.1 Å². The van der Waals surface area contributed by atoms with Crippen LogP contribution in [0.5, 0.6) is 5.75 Å². The van der Waals surface area contributed by atoms with Gasteiger partial charge in [-0.15, -0.1) is 0 Å². The maximum absolute atomic E-state index is 6.36. The van der Waals surface area contributed by atoms with Crippen LogP contribution < -0.4 is 10.1 Å². The second-order valence-corrected chi connectivity index (χ2v) is 9.61. The number of methoxy groups -OCH3 is 1. The summed E-state index contributed by atoms with van der Waals surface area (Å²) in [5.74, 6) is 2.63. The van der Waals surface area contributed by atoms with Crippen LogP contribution >= 0.6 is 11.6 Å². The van der Waals surface area contributed by atoms with Crippen LogP contribution in [0.1, 0.15) is 54.8 Å². The number of fused-ring (bicyclic) bond motifs is 1. The normalized spacial score (nSPS) is 14.6. The number of hydrogen-bond acceptors (Lipinski definition) is 5. The van der Waals surface area contributed by atoms with Crippen LogP contribution in [0, 0.1) is 13.8 Å². The van der Waals surface area contributed by atoms with Crippen molar-refractivity contribution in [2.24, 2.45) is 0 Å². The zero-order valence-electron chi connectivity index (χ0n) is 20.0. The zero-order chi connectivity index (χ0) is 23.7. The number of anilines is 1. The molecule has 0 unspecified atom stereocenters. The Morgan fingerprint density at radius 2 is 1.94 bits per heavy atom. The Kier molecular flexibility index (Phi) is 6.50. The van der Waals surface area contributed by atoms with Crippen molar-refractivity contribution in [3.63, 3.8) is 0 Å². The Bertz CT molecular complexity index is 1280. The molecule has 5 rings (SSSR count). The molecule has 1 aliphatic rings. The molecule has 3 aromatic heterocycles. The molecule has 0 bridgehead atoms. The molecule has 0 spiro atoms. The lowest BCUT2D eigenvalue weighted by atomic mass is 9.95. The number of halogens is 1. The Morgan fingerprint density at radius 3 is 2.65 bits per heavy atom. The quantitative estimate of drug-likeness (QED) is 0.316. The summed E-state index contributed by atoms with van der Waals surface area (Å²) in [5, 5.41) is 8.60. The minimum absolute atomic E-state index is 0.491. The van der Waals surface area contributed by atoms with Crippen molar-refractivity contribution in [2.75, 3.05) is 12.4 Å². The van der Waals surface area contributed by atoms with Crippen molar-refractivity contribution in [3.8, 4) is 16.9 Å². The van der Waals surface area contributed by atoms with Crippen LogP contribution in [0.25, 0.3) is 16.8 Å². The number of aryl methyl sites for hydroxylation is 4. The molecule has 0 radical (unpaired) electrons. The molecule has 7 heteroatoms. The topological polar surface area (TPSA) is 64.6 Å². The summed E-state index contributed by atoms with van der Waals surface area (Å²) in [7, 11) is 1.64. The third-order valence-corrected chi connectivity index (χ3v) is 7.13. The molecule has 1 aliphatic carbocycles. The number of nitrogens with one attached hydrogen (secondary N) is 1. The molecule has 1 fully saturated rings. The second-order valence-electron chi connectivity index (χ2n) is 9.20. The summed E-state index contributed by atoms with van der Waals surface area (Å²) >= 11 is 6.36. The van der Waals surface area contributed by atoms with Gasteiger partial charge in [0.05, 0.1) is 23.5 Å². The Hall–Kier alpha value is -2.99. The number of benzene rings is 1. The Balaban J connectivity index is 1.48. The molecular weight excluding hydrogens is 448 g/mol. The number of imidazole rings is 1. The average molecular weight is 479 g/mol. The predicted molar refractivity (Wildman–Crippen MR) is 136 cm³/mol. The largest absolute Gasteiger partial charge is 0.495 e. The molecule has 1 N–H and O–H groups in total. The Morgan fingerprint density at radius 1 is 1.12 bits per heavy atom. The minimum atomic E-state index is 0.491. The van der Waals surface area contributed by atoms with Gasteiger partial charge in [0.15, 0.2) is 0 Å². The smallest absolute Gasteiger partial charge is 0.141 e. The summed E-state index contributed by atoms with van der Waals surface area (Å²) in [6.45, 7) is 3.93. The van der Waals surface area contributed by atoms with Crippen molar-refractivity contribution in [1.29, 1.82) is 0 Å². The number of nitrogens with zero attached hydrogens (tertiary/aromatic N) is 3. The molecule has 0 amide bonds. The van der Waals surface area contributed by atoms with Crippen LogP contribution in [0.3, 0.4) is 0 Å². The van der Waals surface area contributed by atoms with Gasteiger partial charge >= 0.3 is 0 Å². The summed E-state index contributed by atoms with van der Waals surface area (Å²) < 4.78 is 12.9. The van der Waals surface area contributed by atoms with Crippen LogP contribution in [-0.4, -0.2) is 27.7 Å². The first-order valence-electron chi connectivity index (χ1n) is 12.1. The van der Waals surface area contributed by atoms with Crippen LogP contribution in [0.4, 0.5) is 5.82 Å². The van der Waals surface area contributed by atoms with E-state index in [1.54, 1.807) is 7.11 Å². The number of ether oxygens (including phenoxy) is 1. The first-order chi connectivity index (χ1) is 16.5. The van der Waals surface area contributed by atoms with E-state index in [2.05, 4.69) is 39.3 Å². The molecule has 4 aromatic rings. The van der Waals surface area contributed by atoms with Gasteiger partial charge < -0.3 is 14.6 Å². The fourth-order valence-electron chi connectivity index (χ4n) is 5.04. The van der Waals surface area contributed by atoms with Crippen molar-refractivity contribution in [3.05, 3.63) is 64.3 Å². The Labute approximate surface area is 205 Å². The summed E-state index contributed by atoms with van der Waals surface area (Å²) in [5.41, 5.74) is 6.19. The molecule has 0 aliphatic heterocycles. The highest BCUT2D eigenvalue weighted by molar-refractivity contribution is 6.32. The third-order valence-electron chi connectivity index (χ3n) is 6.83. The molecular formula is C27H31ClN4O2. The molecule has 6 nitrogen and oxygen atoms in total. The van der Waals surface area contributed by atoms with Crippen LogP contribution in [-0.2, 0) is 12.8 Å². The minimum Gasteiger partial charge on any atom is -0.495 e. The summed E-state index contributed by atoms with van der Waals surface area (Å²) in [4.78, 5) is 5.07. The lowest BCUT2D eigenvalue weighted by molar-refractivity contribution is 0.393. The highest BCUT2D eigenvalue weighted by atomic mass is 35.5. The molecule has 178 valence electrons. The van der Waals surface area contributed by atoms with E-state index in [9.17, 15) is 0 Å². The highest BCUT2D eigenvalue weighted by Crippen LogP contribution is 2.31. The van der Waals surface area contributed by atoms with E-state index in [1.165, 1.54) is 37.7 Å². The molecule has 0 atom stereocenters. The van der Waals surface area contributed by atoms with Gasteiger partial charge in [0.2, 0.25) is 0 Å². The first kappa shape index (κ1) is 22.8. The van der Waals surface area contributed by atoms with Gasteiger partial charge in [-0.05, 0) is 74.9 Å². The monoisotopic (exact) mass is 478 g/mol. The van der Waals surface area contributed by atoms with E-state index in [4.69, 9.17) is 25.8 Å². The van der Waals surface area contributed by atoms with Crippen molar-refractivity contribution < 1.29 is 9.26 Å². The van der Waals surface area contributed by atoms with Gasteiger partial charge in [-0.2, -0.15) is 0 Å². The van der Waals surface area contributed by atoms with Gasteiger partial charge in [-0.1, -0.05) is 42.1 Å². The average Bonchev–Trinajstić information content (AvgIpc) is 3.36. The van der Waals surface area contributed by atoms with E-state index < -0.39 is 0 Å². The number of pyridine rings is 1. The molecule has 0 saturated heterocycles. The van der Waals surface area contributed by atoms with Gasteiger partial charge in [0, 0.05) is 17.8 Å². The van der Waals surface area contributed by atoms with E-state index in [1.807, 2.05) is 26.0 Å². The standard InChI is InChI=1S/C27H31ClN4O2/c1-17-26(18(2)34-31-17)20-13-14-32-25(16-20)30-23(27(32)29-21-7-5-4-6-8-21)11-9-19-10-12-24(33-3)22(28)15-19/h10,12-16,21,29H,4-9,11H2,1-3H3. The number of aromatic nitrogens is 3. The second kappa shape index (κ2) is 9.71. The van der Waals surface area contributed by atoms with Crippen molar-refractivity contribution >= 4 is 23.1 Å². The van der Waals surface area contributed by atoms with E-state index in [-0.39, 0.29) is 0 Å². The van der Waals surface area contributed by atoms with Gasteiger partial charge in [-0.25, -0.2) is 4.98 Å². The predicted octanol–water partition coefficient (Wildman–Crippen LogP) is 6.80. The molecule has 1 aromatic carbocycles. The summed E-state index contributed by atoms with van der Waals surface area (Å²) in [6.07, 6.45) is 10.1. The summed E-state index contributed by atoms with van der Waals surface area (Å²) in [6, 6.07) is 10.7. The van der Waals surface area contributed by atoms with Gasteiger partial charge in [0.1, 0.15) is 23.0 Å². The number of hydrogen-bond donors (Lipinski definition) is 1. The van der Waals surface area contributed by atoms with E-state index in [0.29, 0.717) is 16.8 Å². The lowest BCUT2D eigenvalue weighted by Crippen LogP contribution is -2.23.